The highest BCUT2D eigenvalue weighted by atomic mass is 19.1. The standard InChI is InChI=1S/C13H17F2N/c1-8-4-9(14)11(10(15)5-8)13(7-16)6-12(13,2)3/h4-5H,6-7,16H2,1-3H3. The van der Waals surface area contributed by atoms with Gasteiger partial charge >= 0.3 is 0 Å². The van der Waals surface area contributed by atoms with Crippen molar-refractivity contribution in [2.45, 2.75) is 32.6 Å². The molecule has 1 saturated carbocycles. The fraction of sp³-hybridized carbons (Fsp3) is 0.538. The van der Waals surface area contributed by atoms with E-state index in [-0.39, 0.29) is 17.5 Å². The van der Waals surface area contributed by atoms with Gasteiger partial charge in [0.05, 0.1) is 0 Å². The number of halogens is 2. The molecule has 0 aliphatic heterocycles. The van der Waals surface area contributed by atoms with Gasteiger partial charge in [0.2, 0.25) is 0 Å². The zero-order valence-corrected chi connectivity index (χ0v) is 9.90. The Kier molecular flexibility index (Phi) is 2.35. The molecule has 3 heteroatoms. The Bertz CT molecular complexity index is 417. The first-order valence-corrected chi connectivity index (χ1v) is 5.50. The lowest BCUT2D eigenvalue weighted by atomic mass is 9.86. The minimum absolute atomic E-state index is 0.112. The largest absolute Gasteiger partial charge is 0.330 e. The van der Waals surface area contributed by atoms with E-state index < -0.39 is 17.0 Å². The van der Waals surface area contributed by atoms with Gasteiger partial charge in [0.1, 0.15) is 11.6 Å². The Balaban J connectivity index is 2.58. The first-order valence-electron chi connectivity index (χ1n) is 5.50. The summed E-state index contributed by atoms with van der Waals surface area (Å²) in [5.41, 5.74) is 5.86. The van der Waals surface area contributed by atoms with E-state index in [1.807, 2.05) is 13.8 Å². The molecule has 0 saturated heterocycles. The van der Waals surface area contributed by atoms with E-state index in [4.69, 9.17) is 5.73 Å². The smallest absolute Gasteiger partial charge is 0.130 e. The van der Waals surface area contributed by atoms with Crippen molar-refractivity contribution in [1.29, 1.82) is 0 Å². The van der Waals surface area contributed by atoms with Crippen LogP contribution in [-0.2, 0) is 5.41 Å². The second-order valence-corrected chi connectivity index (χ2v) is 5.45. The fourth-order valence-corrected chi connectivity index (χ4v) is 2.74. The molecule has 1 aromatic carbocycles. The Morgan fingerprint density at radius 3 is 2.00 bits per heavy atom. The predicted molar refractivity (Wildman–Crippen MR) is 60.2 cm³/mol. The summed E-state index contributed by atoms with van der Waals surface area (Å²) in [7, 11) is 0. The minimum atomic E-state index is -0.519. The zero-order valence-electron chi connectivity index (χ0n) is 9.90. The maximum Gasteiger partial charge on any atom is 0.130 e. The number of rotatable bonds is 2. The maximum atomic E-state index is 13.9. The number of nitrogens with two attached hydrogens (primary N) is 1. The quantitative estimate of drug-likeness (QED) is 0.822. The van der Waals surface area contributed by atoms with Crippen molar-refractivity contribution in [2.75, 3.05) is 6.54 Å². The van der Waals surface area contributed by atoms with E-state index in [1.165, 1.54) is 12.1 Å². The summed E-state index contributed by atoms with van der Waals surface area (Å²) in [5, 5.41) is 0. The molecule has 1 atom stereocenters. The van der Waals surface area contributed by atoms with E-state index >= 15 is 0 Å². The third-order valence-electron chi connectivity index (χ3n) is 3.93. The van der Waals surface area contributed by atoms with Crippen LogP contribution in [0.15, 0.2) is 12.1 Å². The molecular weight excluding hydrogens is 208 g/mol. The second-order valence-electron chi connectivity index (χ2n) is 5.45. The molecule has 0 bridgehead atoms. The number of benzene rings is 1. The summed E-state index contributed by atoms with van der Waals surface area (Å²) in [5.74, 6) is -0.929. The van der Waals surface area contributed by atoms with Crippen LogP contribution in [0.5, 0.6) is 0 Å². The molecule has 88 valence electrons. The molecule has 0 spiro atoms. The van der Waals surface area contributed by atoms with Gasteiger partial charge in [0.25, 0.3) is 0 Å². The summed E-state index contributed by atoms with van der Waals surface area (Å²) in [4.78, 5) is 0. The Labute approximate surface area is 94.7 Å². The fourth-order valence-electron chi connectivity index (χ4n) is 2.74. The normalized spacial score (nSPS) is 26.9. The summed E-state index contributed by atoms with van der Waals surface area (Å²) < 4.78 is 27.8. The number of aryl methyl sites for hydroxylation is 1. The average molecular weight is 225 g/mol. The summed E-state index contributed by atoms with van der Waals surface area (Å²) >= 11 is 0. The Morgan fingerprint density at radius 2 is 1.69 bits per heavy atom. The third-order valence-corrected chi connectivity index (χ3v) is 3.93. The van der Waals surface area contributed by atoms with Gasteiger partial charge in [-0.15, -0.1) is 0 Å². The molecule has 0 amide bonds. The van der Waals surface area contributed by atoms with E-state index in [9.17, 15) is 8.78 Å². The average Bonchev–Trinajstić information content (AvgIpc) is 2.67. The first kappa shape index (κ1) is 11.5. The molecule has 1 aromatic rings. The molecule has 1 unspecified atom stereocenters. The van der Waals surface area contributed by atoms with Gasteiger partial charge in [-0.25, -0.2) is 8.78 Å². The molecule has 0 heterocycles. The van der Waals surface area contributed by atoms with Crippen molar-refractivity contribution >= 4 is 0 Å². The van der Waals surface area contributed by atoms with Crippen LogP contribution in [0.25, 0.3) is 0 Å². The van der Waals surface area contributed by atoms with Gasteiger partial charge in [0.15, 0.2) is 0 Å². The van der Waals surface area contributed by atoms with Gasteiger partial charge in [-0.2, -0.15) is 0 Å². The third kappa shape index (κ3) is 1.38. The molecule has 1 aliphatic rings. The predicted octanol–water partition coefficient (Wildman–Crippen LogP) is 2.90. The van der Waals surface area contributed by atoms with E-state index in [1.54, 1.807) is 6.92 Å². The van der Waals surface area contributed by atoms with Crippen molar-refractivity contribution in [3.05, 3.63) is 34.9 Å². The molecular formula is C13H17F2N. The lowest BCUT2D eigenvalue weighted by molar-refractivity contribution is 0.448. The molecule has 0 radical (unpaired) electrons. The van der Waals surface area contributed by atoms with Gasteiger partial charge in [-0.1, -0.05) is 13.8 Å². The van der Waals surface area contributed by atoms with Crippen molar-refractivity contribution in [1.82, 2.24) is 0 Å². The van der Waals surface area contributed by atoms with Crippen LogP contribution in [0.2, 0.25) is 0 Å². The molecule has 2 rings (SSSR count). The Morgan fingerprint density at radius 1 is 1.25 bits per heavy atom. The highest BCUT2D eigenvalue weighted by molar-refractivity contribution is 5.41. The highest BCUT2D eigenvalue weighted by Crippen LogP contribution is 2.64. The van der Waals surface area contributed by atoms with E-state index in [0.29, 0.717) is 5.56 Å². The molecule has 2 N–H and O–H groups in total. The van der Waals surface area contributed by atoms with Crippen molar-refractivity contribution in [2.24, 2.45) is 11.1 Å². The highest BCUT2D eigenvalue weighted by Gasteiger charge is 2.63. The summed E-state index contributed by atoms with van der Waals surface area (Å²) in [6.07, 6.45) is 0.743. The maximum absolute atomic E-state index is 13.9. The summed E-state index contributed by atoms with van der Waals surface area (Å²) in [6.45, 7) is 5.97. The zero-order chi connectivity index (χ0) is 12.1. The lowest BCUT2D eigenvalue weighted by Gasteiger charge is -2.20. The molecule has 0 aromatic heterocycles. The van der Waals surface area contributed by atoms with Gasteiger partial charge in [0, 0.05) is 17.5 Å². The number of hydrogen-bond acceptors (Lipinski definition) is 1. The first-order chi connectivity index (χ1) is 7.34. The topological polar surface area (TPSA) is 26.0 Å². The van der Waals surface area contributed by atoms with Crippen LogP contribution < -0.4 is 5.73 Å². The van der Waals surface area contributed by atoms with Crippen molar-refractivity contribution in [3.8, 4) is 0 Å². The molecule has 1 fully saturated rings. The number of hydrogen-bond donors (Lipinski definition) is 1. The van der Waals surface area contributed by atoms with Crippen LogP contribution in [0.4, 0.5) is 8.78 Å². The van der Waals surface area contributed by atoms with E-state index in [2.05, 4.69) is 0 Å². The van der Waals surface area contributed by atoms with Crippen LogP contribution >= 0.6 is 0 Å². The minimum Gasteiger partial charge on any atom is -0.330 e. The van der Waals surface area contributed by atoms with Gasteiger partial charge < -0.3 is 5.73 Å². The molecule has 16 heavy (non-hydrogen) atoms. The van der Waals surface area contributed by atoms with Crippen molar-refractivity contribution in [3.63, 3.8) is 0 Å². The van der Waals surface area contributed by atoms with Crippen molar-refractivity contribution < 1.29 is 8.78 Å². The second kappa shape index (κ2) is 3.27. The Hall–Kier alpha value is -0.960. The van der Waals surface area contributed by atoms with Gasteiger partial charge in [-0.3, -0.25) is 0 Å². The monoisotopic (exact) mass is 225 g/mol. The molecule has 1 aliphatic carbocycles. The van der Waals surface area contributed by atoms with E-state index in [0.717, 1.165) is 6.42 Å². The van der Waals surface area contributed by atoms with Gasteiger partial charge in [-0.05, 0) is 36.5 Å². The molecule has 1 nitrogen and oxygen atoms in total. The van der Waals surface area contributed by atoms with Crippen LogP contribution in [0.3, 0.4) is 0 Å². The van der Waals surface area contributed by atoms with Crippen LogP contribution in [-0.4, -0.2) is 6.54 Å². The van der Waals surface area contributed by atoms with Crippen LogP contribution in [0, 0.1) is 24.0 Å². The summed E-state index contributed by atoms with van der Waals surface area (Å²) in [6, 6.07) is 2.76. The lowest BCUT2D eigenvalue weighted by Crippen LogP contribution is -2.27. The van der Waals surface area contributed by atoms with Crippen LogP contribution in [0.1, 0.15) is 31.4 Å². The SMILES string of the molecule is Cc1cc(F)c(C2(CN)CC2(C)C)c(F)c1.